The SMILES string of the molecule is Cc1cc(Nc2cccc(N3CCN(C(=O)Nc4ccc(C(N)=O)cc4)CC3)n2)n[nH]1. The van der Waals surface area contributed by atoms with E-state index < -0.39 is 5.91 Å². The second-order valence-corrected chi connectivity index (χ2v) is 7.29. The number of pyridine rings is 1. The third kappa shape index (κ3) is 4.92. The zero-order valence-electron chi connectivity index (χ0n) is 17.1. The van der Waals surface area contributed by atoms with E-state index in [1.165, 1.54) is 0 Å². The first-order valence-corrected chi connectivity index (χ1v) is 9.95. The molecule has 10 nitrogen and oxygen atoms in total. The van der Waals surface area contributed by atoms with E-state index in [1.807, 2.05) is 31.2 Å². The van der Waals surface area contributed by atoms with E-state index in [2.05, 4.69) is 30.7 Å². The Balaban J connectivity index is 1.32. The molecule has 0 saturated carbocycles. The van der Waals surface area contributed by atoms with Gasteiger partial charge in [-0.05, 0) is 43.3 Å². The Kier molecular flexibility index (Phi) is 5.69. The largest absolute Gasteiger partial charge is 0.366 e. The molecule has 1 fully saturated rings. The van der Waals surface area contributed by atoms with E-state index in [1.54, 1.807) is 29.2 Å². The molecule has 0 atom stereocenters. The summed E-state index contributed by atoms with van der Waals surface area (Å²) < 4.78 is 0. The number of carbonyl (C=O) groups is 2. The number of H-pyrrole nitrogens is 1. The van der Waals surface area contributed by atoms with Crippen LogP contribution in [0.2, 0.25) is 0 Å². The van der Waals surface area contributed by atoms with Crippen LogP contribution in [0.15, 0.2) is 48.5 Å². The molecule has 3 aromatic rings. The van der Waals surface area contributed by atoms with Gasteiger partial charge in [-0.3, -0.25) is 9.89 Å². The molecule has 3 amide bonds. The van der Waals surface area contributed by atoms with Gasteiger partial charge in [-0.1, -0.05) is 6.07 Å². The van der Waals surface area contributed by atoms with Gasteiger partial charge in [0.2, 0.25) is 5.91 Å². The van der Waals surface area contributed by atoms with Crippen LogP contribution in [0.1, 0.15) is 16.1 Å². The third-order valence-electron chi connectivity index (χ3n) is 5.01. The number of carbonyl (C=O) groups excluding carboxylic acids is 2. The number of aromatic nitrogens is 3. The number of benzene rings is 1. The molecule has 31 heavy (non-hydrogen) atoms. The summed E-state index contributed by atoms with van der Waals surface area (Å²) in [4.78, 5) is 32.3. The van der Waals surface area contributed by atoms with Crippen LogP contribution in [-0.4, -0.2) is 58.2 Å². The first-order chi connectivity index (χ1) is 15.0. The van der Waals surface area contributed by atoms with Gasteiger partial charge in [0.05, 0.1) is 0 Å². The van der Waals surface area contributed by atoms with Crippen molar-refractivity contribution in [2.45, 2.75) is 6.92 Å². The monoisotopic (exact) mass is 420 g/mol. The minimum absolute atomic E-state index is 0.177. The molecular formula is C21H24N8O2. The van der Waals surface area contributed by atoms with Crippen LogP contribution in [0, 0.1) is 6.92 Å². The lowest BCUT2D eigenvalue weighted by atomic mass is 10.2. The van der Waals surface area contributed by atoms with E-state index in [0.29, 0.717) is 49.1 Å². The number of rotatable bonds is 5. The number of amides is 3. The average molecular weight is 420 g/mol. The van der Waals surface area contributed by atoms with Gasteiger partial charge >= 0.3 is 6.03 Å². The molecule has 4 rings (SSSR count). The normalized spacial score (nSPS) is 13.7. The number of hydrogen-bond donors (Lipinski definition) is 4. The standard InChI is InChI=1S/C21H24N8O2/c1-14-13-18(27-26-14)24-17-3-2-4-19(25-17)28-9-11-29(12-10-28)21(31)23-16-7-5-15(6-8-16)20(22)30/h2-8,13H,9-12H2,1H3,(H2,22,30)(H,23,31)(H2,24,25,26,27). The summed E-state index contributed by atoms with van der Waals surface area (Å²) in [6, 6.07) is 14.0. The summed E-state index contributed by atoms with van der Waals surface area (Å²) in [5.41, 5.74) is 7.23. The number of nitrogens with one attached hydrogen (secondary N) is 3. The highest BCUT2D eigenvalue weighted by molar-refractivity contribution is 5.94. The molecule has 1 saturated heterocycles. The van der Waals surface area contributed by atoms with Crippen LogP contribution in [0.3, 0.4) is 0 Å². The first kappa shape index (κ1) is 20.2. The third-order valence-corrected chi connectivity index (χ3v) is 5.01. The fourth-order valence-corrected chi connectivity index (χ4v) is 3.34. The van der Waals surface area contributed by atoms with E-state index in [0.717, 1.165) is 11.5 Å². The van der Waals surface area contributed by atoms with E-state index in [9.17, 15) is 9.59 Å². The van der Waals surface area contributed by atoms with Gasteiger partial charge in [0.1, 0.15) is 11.6 Å². The molecule has 2 aromatic heterocycles. The number of urea groups is 1. The number of anilines is 4. The number of hydrogen-bond acceptors (Lipinski definition) is 6. The second-order valence-electron chi connectivity index (χ2n) is 7.29. The van der Waals surface area contributed by atoms with Crippen molar-refractivity contribution in [2.24, 2.45) is 5.73 Å². The summed E-state index contributed by atoms with van der Waals surface area (Å²) in [6.45, 7) is 4.43. The Morgan fingerprint density at radius 3 is 2.42 bits per heavy atom. The molecule has 1 aromatic carbocycles. The van der Waals surface area contributed by atoms with Crippen LogP contribution in [-0.2, 0) is 0 Å². The number of nitrogens with zero attached hydrogens (tertiary/aromatic N) is 4. The minimum atomic E-state index is -0.499. The van der Waals surface area contributed by atoms with Crippen molar-refractivity contribution in [3.05, 3.63) is 59.8 Å². The summed E-state index contributed by atoms with van der Waals surface area (Å²) in [5.74, 6) is 1.77. The Morgan fingerprint density at radius 1 is 1.03 bits per heavy atom. The van der Waals surface area contributed by atoms with Gasteiger partial charge in [-0.15, -0.1) is 0 Å². The minimum Gasteiger partial charge on any atom is -0.366 e. The fourth-order valence-electron chi connectivity index (χ4n) is 3.34. The number of piperazine rings is 1. The predicted octanol–water partition coefficient (Wildman–Crippen LogP) is 2.31. The smallest absolute Gasteiger partial charge is 0.321 e. The zero-order valence-corrected chi connectivity index (χ0v) is 17.1. The fraction of sp³-hybridized carbons (Fsp3) is 0.238. The topological polar surface area (TPSA) is 132 Å². The van der Waals surface area contributed by atoms with Crippen molar-refractivity contribution < 1.29 is 9.59 Å². The quantitative estimate of drug-likeness (QED) is 0.501. The summed E-state index contributed by atoms with van der Waals surface area (Å²) in [5, 5.41) is 13.1. The van der Waals surface area contributed by atoms with Crippen molar-refractivity contribution in [3.63, 3.8) is 0 Å². The lowest BCUT2D eigenvalue weighted by Gasteiger charge is -2.35. The number of aromatic amines is 1. The molecule has 5 N–H and O–H groups in total. The highest BCUT2D eigenvalue weighted by atomic mass is 16.2. The molecule has 160 valence electrons. The molecule has 0 spiro atoms. The number of nitrogens with two attached hydrogens (primary N) is 1. The Morgan fingerprint density at radius 2 is 1.77 bits per heavy atom. The lowest BCUT2D eigenvalue weighted by Crippen LogP contribution is -2.50. The van der Waals surface area contributed by atoms with Crippen molar-refractivity contribution in [1.82, 2.24) is 20.1 Å². The maximum Gasteiger partial charge on any atom is 0.321 e. The Bertz CT molecular complexity index is 1070. The highest BCUT2D eigenvalue weighted by Crippen LogP contribution is 2.19. The van der Waals surface area contributed by atoms with Gasteiger partial charge in [0.15, 0.2) is 5.82 Å². The van der Waals surface area contributed by atoms with Crippen LogP contribution < -0.4 is 21.3 Å². The number of aryl methyl sites for hydroxylation is 1. The van der Waals surface area contributed by atoms with Gasteiger partial charge < -0.3 is 26.2 Å². The molecule has 1 aliphatic heterocycles. The highest BCUT2D eigenvalue weighted by Gasteiger charge is 2.22. The maximum atomic E-state index is 12.6. The molecule has 10 heteroatoms. The molecule has 0 radical (unpaired) electrons. The predicted molar refractivity (Wildman–Crippen MR) is 119 cm³/mol. The molecular weight excluding hydrogens is 396 g/mol. The van der Waals surface area contributed by atoms with Gasteiger partial charge in [-0.2, -0.15) is 5.10 Å². The first-order valence-electron chi connectivity index (χ1n) is 9.95. The van der Waals surface area contributed by atoms with Gasteiger partial charge in [-0.25, -0.2) is 9.78 Å². The summed E-state index contributed by atoms with van der Waals surface area (Å²) in [7, 11) is 0. The van der Waals surface area contributed by atoms with Crippen molar-refractivity contribution in [3.8, 4) is 0 Å². The molecule has 0 aliphatic carbocycles. The molecule has 1 aliphatic rings. The van der Waals surface area contributed by atoms with E-state index in [4.69, 9.17) is 5.73 Å². The summed E-state index contributed by atoms with van der Waals surface area (Å²) in [6.07, 6.45) is 0. The van der Waals surface area contributed by atoms with Crippen LogP contribution in [0.25, 0.3) is 0 Å². The molecule has 0 bridgehead atoms. The molecule has 3 heterocycles. The maximum absolute atomic E-state index is 12.6. The van der Waals surface area contributed by atoms with Crippen LogP contribution in [0.5, 0.6) is 0 Å². The summed E-state index contributed by atoms with van der Waals surface area (Å²) >= 11 is 0. The average Bonchev–Trinajstić information content (AvgIpc) is 3.19. The van der Waals surface area contributed by atoms with Crippen molar-refractivity contribution in [1.29, 1.82) is 0 Å². The van der Waals surface area contributed by atoms with Crippen LogP contribution >= 0.6 is 0 Å². The van der Waals surface area contributed by atoms with Gasteiger partial charge in [0, 0.05) is 49.2 Å². The van der Waals surface area contributed by atoms with E-state index >= 15 is 0 Å². The lowest BCUT2D eigenvalue weighted by molar-refractivity contribution is 0.100. The Hall–Kier alpha value is -4.08. The van der Waals surface area contributed by atoms with Crippen molar-refractivity contribution >= 4 is 35.1 Å². The number of primary amides is 1. The van der Waals surface area contributed by atoms with Gasteiger partial charge in [0.25, 0.3) is 0 Å². The molecule has 0 unspecified atom stereocenters. The second kappa shape index (κ2) is 8.74. The van der Waals surface area contributed by atoms with Crippen LogP contribution in [0.4, 0.5) is 27.9 Å². The van der Waals surface area contributed by atoms with Crippen molar-refractivity contribution in [2.75, 3.05) is 41.7 Å². The Labute approximate surface area is 179 Å². The zero-order chi connectivity index (χ0) is 21.8. The van der Waals surface area contributed by atoms with E-state index in [-0.39, 0.29) is 6.03 Å².